The number of ether oxygens (including phenoxy) is 2. The average molecular weight is 502 g/mol. The minimum absolute atomic E-state index is 0.0277. The average Bonchev–Trinajstić information content (AvgIpc) is 3.60. The third-order valence-electron chi connectivity index (χ3n) is 4.83. The minimum atomic E-state index is -0.663. The number of nitrogens with one attached hydrogen (secondary N) is 1. The van der Waals surface area contributed by atoms with Gasteiger partial charge in [-0.2, -0.15) is 0 Å². The van der Waals surface area contributed by atoms with Crippen molar-refractivity contribution < 1.29 is 23.5 Å². The van der Waals surface area contributed by atoms with E-state index in [1.807, 2.05) is 0 Å². The molecule has 3 aromatic rings. The molecule has 178 valence electrons. The molecule has 2 aromatic heterocycles. The first kappa shape index (κ1) is 24.0. The van der Waals surface area contributed by atoms with Crippen LogP contribution >= 0.6 is 23.1 Å². The Hall–Kier alpha value is -3.18. The maximum Gasteiger partial charge on any atom is 0.343 e. The SMILES string of the molecule is CCCCOc1ccc(C(=O)Oc2coc(CSc3nnc(NC(=O)C4CC4)s3)cc2=O)cc1. The second-order valence-corrected chi connectivity index (χ2v) is 9.82. The third kappa shape index (κ3) is 6.67. The summed E-state index contributed by atoms with van der Waals surface area (Å²) in [5.74, 6) is 0.591. The van der Waals surface area contributed by atoms with Crippen LogP contribution in [0, 0.1) is 5.92 Å². The molecule has 1 aliphatic carbocycles. The van der Waals surface area contributed by atoms with Crippen molar-refractivity contribution in [2.75, 3.05) is 11.9 Å². The lowest BCUT2D eigenvalue weighted by atomic mass is 10.2. The van der Waals surface area contributed by atoms with Gasteiger partial charge in [0, 0.05) is 12.0 Å². The van der Waals surface area contributed by atoms with E-state index in [2.05, 4.69) is 22.4 Å². The Balaban J connectivity index is 1.29. The number of hydrogen-bond donors (Lipinski definition) is 1. The minimum Gasteiger partial charge on any atom is -0.494 e. The smallest absolute Gasteiger partial charge is 0.343 e. The number of hydrogen-bond acceptors (Lipinski definition) is 10. The van der Waals surface area contributed by atoms with Crippen LogP contribution in [0.3, 0.4) is 0 Å². The molecular weight excluding hydrogens is 478 g/mol. The molecule has 0 radical (unpaired) electrons. The Morgan fingerprint density at radius 1 is 1.24 bits per heavy atom. The van der Waals surface area contributed by atoms with Gasteiger partial charge in [0.15, 0.2) is 4.34 Å². The van der Waals surface area contributed by atoms with Gasteiger partial charge in [-0.1, -0.05) is 36.4 Å². The zero-order chi connectivity index (χ0) is 23.9. The lowest BCUT2D eigenvalue weighted by molar-refractivity contribution is -0.117. The lowest BCUT2D eigenvalue weighted by Gasteiger charge is -2.07. The summed E-state index contributed by atoms with van der Waals surface area (Å²) in [7, 11) is 0. The van der Waals surface area contributed by atoms with E-state index in [1.54, 1.807) is 24.3 Å². The Kier molecular flexibility index (Phi) is 7.96. The van der Waals surface area contributed by atoms with Crippen LogP contribution in [-0.2, 0) is 10.5 Å². The fourth-order valence-electron chi connectivity index (χ4n) is 2.77. The second-order valence-electron chi connectivity index (χ2n) is 7.62. The molecule has 0 aliphatic heterocycles. The molecule has 1 saturated carbocycles. The largest absolute Gasteiger partial charge is 0.494 e. The van der Waals surface area contributed by atoms with Crippen molar-refractivity contribution in [2.24, 2.45) is 5.92 Å². The molecule has 0 spiro atoms. The number of nitrogens with zero attached hydrogens (tertiary/aromatic N) is 2. The number of carbonyl (C=O) groups is 2. The molecule has 34 heavy (non-hydrogen) atoms. The molecule has 2 heterocycles. The highest BCUT2D eigenvalue weighted by atomic mass is 32.2. The molecule has 11 heteroatoms. The van der Waals surface area contributed by atoms with E-state index in [1.165, 1.54) is 29.2 Å². The summed E-state index contributed by atoms with van der Waals surface area (Å²) in [5.41, 5.74) is -0.174. The van der Waals surface area contributed by atoms with Gasteiger partial charge in [-0.05, 0) is 43.5 Å². The normalized spacial score (nSPS) is 12.9. The maximum absolute atomic E-state index is 12.4. The van der Waals surface area contributed by atoms with Gasteiger partial charge in [-0.25, -0.2) is 4.79 Å². The van der Waals surface area contributed by atoms with E-state index in [4.69, 9.17) is 13.9 Å². The van der Waals surface area contributed by atoms with Crippen molar-refractivity contribution in [3.63, 3.8) is 0 Å². The summed E-state index contributed by atoms with van der Waals surface area (Å²) in [6.07, 6.45) is 4.94. The molecule has 1 N–H and O–H groups in total. The van der Waals surface area contributed by atoms with Crippen LogP contribution in [-0.4, -0.2) is 28.7 Å². The number of carbonyl (C=O) groups excluding carboxylic acids is 2. The third-order valence-corrected chi connectivity index (χ3v) is 6.83. The Bertz CT molecular complexity index is 1200. The van der Waals surface area contributed by atoms with Gasteiger partial charge in [0.2, 0.25) is 22.2 Å². The standard InChI is InChI=1S/C23H23N3O6S2/c1-2-3-10-30-16-8-6-15(7-9-16)21(29)32-19-12-31-17(11-18(19)27)13-33-23-26-25-22(34-23)24-20(28)14-4-5-14/h6-9,11-12,14H,2-5,10,13H2,1H3,(H,24,25,28). The van der Waals surface area contributed by atoms with Crippen molar-refractivity contribution >= 4 is 40.1 Å². The van der Waals surface area contributed by atoms with Gasteiger partial charge in [0.05, 0.1) is 17.9 Å². The van der Waals surface area contributed by atoms with E-state index < -0.39 is 11.4 Å². The quantitative estimate of drug-likeness (QED) is 0.175. The summed E-state index contributed by atoms with van der Waals surface area (Å²) in [4.78, 5) is 36.5. The summed E-state index contributed by atoms with van der Waals surface area (Å²) in [6, 6.07) is 7.81. The van der Waals surface area contributed by atoms with Crippen LogP contribution in [0.4, 0.5) is 5.13 Å². The lowest BCUT2D eigenvalue weighted by Crippen LogP contribution is -2.14. The van der Waals surface area contributed by atoms with Gasteiger partial charge < -0.3 is 19.2 Å². The highest BCUT2D eigenvalue weighted by Crippen LogP contribution is 2.32. The topological polar surface area (TPSA) is 121 Å². The molecule has 1 fully saturated rings. The van der Waals surface area contributed by atoms with Gasteiger partial charge in [-0.3, -0.25) is 9.59 Å². The number of rotatable bonds is 11. The van der Waals surface area contributed by atoms with Crippen molar-refractivity contribution in [1.29, 1.82) is 0 Å². The molecule has 1 aromatic carbocycles. The molecule has 0 bridgehead atoms. The Morgan fingerprint density at radius 2 is 2.03 bits per heavy atom. The predicted octanol–water partition coefficient (Wildman–Crippen LogP) is 4.53. The van der Waals surface area contributed by atoms with Crippen molar-refractivity contribution in [1.82, 2.24) is 10.2 Å². The number of esters is 1. The number of anilines is 1. The number of benzene rings is 1. The van der Waals surface area contributed by atoms with E-state index in [0.717, 1.165) is 31.9 Å². The van der Waals surface area contributed by atoms with Crippen LogP contribution in [0.25, 0.3) is 0 Å². The highest BCUT2D eigenvalue weighted by Gasteiger charge is 2.30. The van der Waals surface area contributed by atoms with Crippen molar-refractivity contribution in [2.45, 2.75) is 42.7 Å². The first-order chi connectivity index (χ1) is 16.5. The summed E-state index contributed by atoms with van der Waals surface area (Å²) in [5, 5.41) is 11.2. The van der Waals surface area contributed by atoms with Crippen molar-refractivity contribution in [3.8, 4) is 11.5 Å². The van der Waals surface area contributed by atoms with Gasteiger partial charge in [0.25, 0.3) is 0 Å². The van der Waals surface area contributed by atoms with E-state index in [0.29, 0.717) is 38.9 Å². The van der Waals surface area contributed by atoms with Gasteiger partial charge in [0.1, 0.15) is 17.8 Å². The maximum atomic E-state index is 12.4. The van der Waals surface area contributed by atoms with Crippen molar-refractivity contribution in [3.05, 3.63) is 58.1 Å². The first-order valence-electron chi connectivity index (χ1n) is 10.9. The molecule has 0 saturated heterocycles. The number of amides is 1. The van der Waals surface area contributed by atoms with Crippen LogP contribution in [0.2, 0.25) is 0 Å². The molecule has 1 amide bonds. The van der Waals surface area contributed by atoms with Gasteiger partial charge in [-0.15, -0.1) is 10.2 Å². The Morgan fingerprint density at radius 3 is 2.74 bits per heavy atom. The van der Waals surface area contributed by atoms with E-state index in [9.17, 15) is 14.4 Å². The first-order valence-corrected chi connectivity index (χ1v) is 12.7. The van der Waals surface area contributed by atoms with Crippen LogP contribution in [0.15, 0.2) is 50.1 Å². The number of unbranched alkanes of at least 4 members (excludes halogenated alkanes) is 1. The predicted molar refractivity (Wildman–Crippen MR) is 128 cm³/mol. The Labute approximate surface area is 203 Å². The fourth-order valence-corrected chi connectivity index (χ4v) is 4.42. The summed E-state index contributed by atoms with van der Waals surface area (Å²) >= 11 is 2.58. The molecule has 1 aliphatic rings. The second kappa shape index (κ2) is 11.3. The van der Waals surface area contributed by atoms with Crippen LogP contribution in [0.1, 0.15) is 48.7 Å². The van der Waals surface area contributed by atoms with Crippen LogP contribution in [0.5, 0.6) is 11.5 Å². The zero-order valence-corrected chi connectivity index (χ0v) is 20.1. The highest BCUT2D eigenvalue weighted by molar-refractivity contribution is 8.00. The monoisotopic (exact) mass is 501 g/mol. The number of thioether (sulfide) groups is 1. The molecular formula is C23H23N3O6S2. The molecule has 9 nitrogen and oxygen atoms in total. The molecule has 4 rings (SSSR count). The van der Waals surface area contributed by atoms with Crippen LogP contribution < -0.4 is 20.2 Å². The summed E-state index contributed by atoms with van der Waals surface area (Å²) in [6.45, 7) is 2.69. The molecule has 0 unspecified atom stereocenters. The zero-order valence-electron chi connectivity index (χ0n) is 18.4. The fraction of sp³-hybridized carbons (Fsp3) is 0.348. The van der Waals surface area contributed by atoms with E-state index >= 15 is 0 Å². The summed E-state index contributed by atoms with van der Waals surface area (Å²) < 4.78 is 16.9. The molecule has 0 atom stereocenters. The van der Waals surface area contributed by atoms with Gasteiger partial charge >= 0.3 is 5.97 Å². The number of aromatic nitrogens is 2. The van der Waals surface area contributed by atoms with E-state index in [-0.39, 0.29) is 17.6 Å².